The third-order valence-corrected chi connectivity index (χ3v) is 6.29. The summed E-state index contributed by atoms with van der Waals surface area (Å²) in [6.45, 7) is 3.23. The summed E-state index contributed by atoms with van der Waals surface area (Å²) in [5, 5.41) is 8.58. The zero-order valence-corrected chi connectivity index (χ0v) is 15.8. The van der Waals surface area contributed by atoms with Crippen molar-refractivity contribution in [2.75, 3.05) is 22.9 Å². The second kappa shape index (κ2) is 7.17. The van der Waals surface area contributed by atoms with Crippen LogP contribution in [0.5, 0.6) is 0 Å². The fraction of sp³-hybridized carbons (Fsp3) is 0.438. The summed E-state index contributed by atoms with van der Waals surface area (Å²) in [4.78, 5) is 12.5. The molecule has 0 unspecified atom stereocenters. The molecule has 0 amide bonds. The zero-order valence-electron chi connectivity index (χ0n) is 14.2. The largest absolute Gasteiger partial charge is 0.309 e. The minimum Gasteiger partial charge on any atom is -0.309 e. The first kappa shape index (κ1) is 17.9. The van der Waals surface area contributed by atoms with Gasteiger partial charge in [-0.2, -0.15) is 0 Å². The summed E-state index contributed by atoms with van der Waals surface area (Å²) in [6, 6.07) is 5.26. The van der Waals surface area contributed by atoms with Gasteiger partial charge >= 0.3 is 0 Å². The van der Waals surface area contributed by atoms with E-state index in [2.05, 4.69) is 10.2 Å². The van der Waals surface area contributed by atoms with E-state index in [0.717, 1.165) is 30.1 Å². The summed E-state index contributed by atoms with van der Waals surface area (Å²) >= 11 is 1.36. The van der Waals surface area contributed by atoms with E-state index in [4.69, 9.17) is 0 Å². The van der Waals surface area contributed by atoms with Crippen LogP contribution in [0.3, 0.4) is 0 Å². The molecule has 1 aliphatic rings. The number of aryl methyl sites for hydroxylation is 2. The van der Waals surface area contributed by atoms with Gasteiger partial charge in [0, 0.05) is 18.7 Å². The van der Waals surface area contributed by atoms with Crippen LogP contribution in [-0.2, 0) is 23.0 Å². The van der Waals surface area contributed by atoms with Gasteiger partial charge in [0.25, 0.3) is 0 Å². The van der Waals surface area contributed by atoms with Gasteiger partial charge in [0.2, 0.25) is 10.0 Å². The normalized spacial score (nSPS) is 14.4. The van der Waals surface area contributed by atoms with Crippen LogP contribution in [0.15, 0.2) is 29.7 Å². The molecule has 0 aliphatic carbocycles. The SMILES string of the molecule is CCn1cnnc1SCC(=O)c1ccc2c(c1)CCCN2S(C)(=O)=O. The average molecular weight is 380 g/mol. The Morgan fingerprint density at radius 2 is 2.16 bits per heavy atom. The van der Waals surface area contributed by atoms with E-state index in [1.807, 2.05) is 17.6 Å². The van der Waals surface area contributed by atoms with Gasteiger partial charge in [-0.15, -0.1) is 10.2 Å². The van der Waals surface area contributed by atoms with Gasteiger partial charge < -0.3 is 4.57 Å². The number of hydrogen-bond acceptors (Lipinski definition) is 6. The van der Waals surface area contributed by atoms with Gasteiger partial charge in [-0.1, -0.05) is 11.8 Å². The molecule has 0 spiro atoms. The van der Waals surface area contributed by atoms with Crippen LogP contribution in [0.4, 0.5) is 5.69 Å². The fourth-order valence-electron chi connectivity index (χ4n) is 2.87. The molecular formula is C16H20N4O3S2. The molecule has 0 N–H and O–H groups in total. The molecule has 2 heterocycles. The Morgan fingerprint density at radius 3 is 2.88 bits per heavy atom. The number of fused-ring (bicyclic) bond motifs is 1. The summed E-state index contributed by atoms with van der Waals surface area (Å²) in [5.74, 6) is 0.266. The minimum absolute atomic E-state index is 0.00469. The molecule has 0 atom stereocenters. The Balaban J connectivity index is 1.76. The standard InChI is InChI=1S/C16H20N4O3S2/c1-3-19-11-17-18-16(19)24-10-15(21)13-6-7-14-12(9-13)5-4-8-20(14)25(2,22)23/h6-7,9,11H,3-5,8,10H2,1-2H3. The highest BCUT2D eigenvalue weighted by Crippen LogP contribution is 2.30. The number of hydrogen-bond donors (Lipinski definition) is 0. The topological polar surface area (TPSA) is 85.2 Å². The van der Waals surface area contributed by atoms with Crippen LogP contribution in [0.2, 0.25) is 0 Å². The molecule has 0 saturated carbocycles. The van der Waals surface area contributed by atoms with Crippen LogP contribution in [0.25, 0.3) is 0 Å². The molecule has 0 bridgehead atoms. The van der Waals surface area contributed by atoms with Crippen LogP contribution < -0.4 is 4.31 Å². The van der Waals surface area contributed by atoms with Crippen molar-refractivity contribution in [3.8, 4) is 0 Å². The molecular weight excluding hydrogens is 360 g/mol. The van der Waals surface area contributed by atoms with Gasteiger partial charge in [-0.3, -0.25) is 9.10 Å². The highest BCUT2D eigenvalue weighted by molar-refractivity contribution is 7.99. The van der Waals surface area contributed by atoms with Gasteiger partial charge in [0.1, 0.15) is 6.33 Å². The van der Waals surface area contributed by atoms with E-state index >= 15 is 0 Å². The molecule has 134 valence electrons. The number of thioether (sulfide) groups is 1. The predicted octanol–water partition coefficient (Wildman–Crippen LogP) is 1.99. The lowest BCUT2D eigenvalue weighted by Gasteiger charge is -2.29. The van der Waals surface area contributed by atoms with Crippen molar-refractivity contribution in [2.45, 2.75) is 31.5 Å². The molecule has 3 rings (SSSR count). The lowest BCUT2D eigenvalue weighted by Crippen LogP contribution is -2.34. The highest BCUT2D eigenvalue weighted by atomic mass is 32.2. The van der Waals surface area contributed by atoms with Crippen molar-refractivity contribution >= 4 is 33.3 Å². The summed E-state index contributed by atoms with van der Waals surface area (Å²) < 4.78 is 27.1. The highest BCUT2D eigenvalue weighted by Gasteiger charge is 2.24. The van der Waals surface area contributed by atoms with Crippen molar-refractivity contribution < 1.29 is 13.2 Å². The molecule has 7 nitrogen and oxygen atoms in total. The van der Waals surface area contributed by atoms with Crippen molar-refractivity contribution in [1.29, 1.82) is 0 Å². The number of carbonyl (C=O) groups is 1. The van der Waals surface area contributed by atoms with E-state index in [1.54, 1.807) is 18.5 Å². The van der Waals surface area contributed by atoms with E-state index in [0.29, 0.717) is 17.8 Å². The first-order valence-corrected chi connectivity index (χ1v) is 10.9. The lowest BCUT2D eigenvalue weighted by atomic mass is 9.99. The molecule has 1 aliphatic heterocycles. The number of carbonyl (C=O) groups excluding carboxylic acids is 1. The predicted molar refractivity (Wildman–Crippen MR) is 97.7 cm³/mol. The maximum absolute atomic E-state index is 12.5. The third kappa shape index (κ3) is 3.87. The molecule has 0 radical (unpaired) electrons. The third-order valence-electron chi connectivity index (χ3n) is 4.13. The van der Waals surface area contributed by atoms with E-state index < -0.39 is 10.0 Å². The number of ketones is 1. The fourth-order valence-corrected chi connectivity index (χ4v) is 4.74. The van der Waals surface area contributed by atoms with Crippen molar-refractivity contribution in [3.63, 3.8) is 0 Å². The molecule has 25 heavy (non-hydrogen) atoms. The number of aromatic nitrogens is 3. The quantitative estimate of drug-likeness (QED) is 0.563. The Hall–Kier alpha value is -1.87. The minimum atomic E-state index is -3.29. The summed E-state index contributed by atoms with van der Waals surface area (Å²) in [7, 11) is -3.29. The summed E-state index contributed by atoms with van der Waals surface area (Å²) in [6.07, 6.45) is 4.39. The van der Waals surface area contributed by atoms with E-state index in [9.17, 15) is 13.2 Å². The zero-order chi connectivity index (χ0) is 18.0. The first-order chi connectivity index (χ1) is 11.9. The second-order valence-corrected chi connectivity index (χ2v) is 8.74. The van der Waals surface area contributed by atoms with Crippen molar-refractivity contribution in [2.24, 2.45) is 0 Å². The van der Waals surface area contributed by atoms with Crippen molar-refractivity contribution in [1.82, 2.24) is 14.8 Å². The second-order valence-electron chi connectivity index (χ2n) is 5.89. The molecule has 0 fully saturated rings. The number of sulfonamides is 1. The Bertz CT molecular complexity index is 893. The number of anilines is 1. The van der Waals surface area contributed by atoms with Crippen LogP contribution in [0.1, 0.15) is 29.3 Å². The maximum Gasteiger partial charge on any atom is 0.232 e. The molecule has 9 heteroatoms. The number of nitrogens with zero attached hydrogens (tertiary/aromatic N) is 4. The van der Waals surface area contributed by atoms with Gasteiger partial charge in [-0.05, 0) is 43.5 Å². The monoisotopic (exact) mass is 380 g/mol. The number of rotatable bonds is 6. The van der Waals surface area contributed by atoms with Crippen LogP contribution in [0, 0.1) is 0 Å². The van der Waals surface area contributed by atoms with Gasteiger partial charge in [-0.25, -0.2) is 8.42 Å². The van der Waals surface area contributed by atoms with E-state index in [-0.39, 0.29) is 11.5 Å². The average Bonchev–Trinajstić information content (AvgIpc) is 3.05. The molecule has 0 saturated heterocycles. The lowest BCUT2D eigenvalue weighted by molar-refractivity contribution is 0.102. The first-order valence-electron chi connectivity index (χ1n) is 8.04. The number of Topliss-reactive ketones (excluding diaryl/α,β-unsaturated/α-hetero) is 1. The Morgan fingerprint density at radius 1 is 1.36 bits per heavy atom. The molecule has 1 aromatic heterocycles. The Labute approximate surface area is 151 Å². The van der Waals surface area contributed by atoms with Crippen LogP contribution >= 0.6 is 11.8 Å². The van der Waals surface area contributed by atoms with Crippen molar-refractivity contribution in [3.05, 3.63) is 35.7 Å². The van der Waals surface area contributed by atoms with Gasteiger partial charge in [0.15, 0.2) is 10.9 Å². The maximum atomic E-state index is 12.5. The van der Waals surface area contributed by atoms with E-state index in [1.165, 1.54) is 22.3 Å². The smallest absolute Gasteiger partial charge is 0.232 e. The molecule has 1 aromatic carbocycles. The summed E-state index contributed by atoms with van der Waals surface area (Å²) in [5.41, 5.74) is 2.19. The molecule has 2 aromatic rings. The number of benzene rings is 1. The Kier molecular flexibility index (Phi) is 5.14. The van der Waals surface area contributed by atoms with Gasteiger partial charge in [0.05, 0.1) is 17.7 Å². The van der Waals surface area contributed by atoms with Crippen LogP contribution in [-0.4, -0.2) is 47.5 Å².